The van der Waals surface area contributed by atoms with E-state index in [0.29, 0.717) is 6.04 Å². The van der Waals surface area contributed by atoms with Crippen LogP contribution in [0.2, 0.25) is 0 Å². The third-order valence-electron chi connectivity index (χ3n) is 4.48. The number of H-pyrrole nitrogens is 1. The molecule has 0 spiro atoms. The van der Waals surface area contributed by atoms with Gasteiger partial charge in [0.15, 0.2) is 0 Å². The summed E-state index contributed by atoms with van der Waals surface area (Å²) in [5.74, 6) is 0. The minimum atomic E-state index is 0.247. The van der Waals surface area contributed by atoms with Crippen molar-refractivity contribution in [1.82, 2.24) is 9.55 Å². The minimum absolute atomic E-state index is 0.247. The van der Waals surface area contributed by atoms with Crippen molar-refractivity contribution >= 4 is 10.9 Å². The number of fused-ring (bicyclic) bond motifs is 3. The lowest BCUT2D eigenvalue weighted by Crippen LogP contribution is -2.15. The molecule has 1 atom stereocenters. The predicted octanol–water partition coefficient (Wildman–Crippen LogP) is 5.19. The molecule has 1 aliphatic rings. The van der Waals surface area contributed by atoms with Gasteiger partial charge in [-0.1, -0.05) is 25.1 Å². The molecule has 0 fully saturated rings. The van der Waals surface area contributed by atoms with Gasteiger partial charge < -0.3 is 9.55 Å². The van der Waals surface area contributed by atoms with E-state index in [4.69, 9.17) is 0 Å². The van der Waals surface area contributed by atoms with Gasteiger partial charge in [-0.3, -0.25) is 0 Å². The molecule has 0 saturated heterocycles. The summed E-state index contributed by atoms with van der Waals surface area (Å²) < 4.78 is 2.28. The van der Waals surface area contributed by atoms with E-state index in [9.17, 15) is 4.91 Å². The van der Waals surface area contributed by atoms with Crippen LogP contribution in [0.4, 0.5) is 0 Å². The highest BCUT2D eigenvalue weighted by Crippen LogP contribution is 2.37. The average molecular weight is 309 g/mol. The zero-order valence-electron chi connectivity index (χ0n) is 13.7. The summed E-state index contributed by atoms with van der Waals surface area (Å²) in [6, 6.07) is 10.7. The molecular formula is C19H23N3O. The summed E-state index contributed by atoms with van der Waals surface area (Å²) in [5, 5.41) is 4.25. The Morgan fingerprint density at radius 3 is 2.78 bits per heavy atom. The van der Waals surface area contributed by atoms with Gasteiger partial charge in [0, 0.05) is 29.0 Å². The maximum absolute atomic E-state index is 10.5. The Morgan fingerprint density at radius 1 is 1.26 bits per heavy atom. The highest BCUT2D eigenvalue weighted by molar-refractivity contribution is 5.85. The molecule has 1 unspecified atom stereocenters. The second kappa shape index (κ2) is 6.82. The fraction of sp³-hybridized carbons (Fsp3) is 0.368. The Balaban J connectivity index is 0.000000753. The molecule has 4 rings (SSSR count). The number of nitrogens with zero attached hydrogens (tertiary/aromatic N) is 2. The monoisotopic (exact) mass is 309 g/mol. The van der Waals surface area contributed by atoms with Crippen molar-refractivity contribution in [2.24, 2.45) is 5.18 Å². The number of aryl methyl sites for hydroxylation is 1. The van der Waals surface area contributed by atoms with E-state index in [2.05, 4.69) is 51.4 Å². The number of nitroso groups, excluding NO2 is 1. The maximum Gasteiger partial charge on any atom is 0.106 e. The topological polar surface area (TPSA) is 50.1 Å². The molecule has 0 bridgehead atoms. The normalized spacial score (nSPS) is 16.5. The first kappa shape index (κ1) is 15.5. The minimum Gasteiger partial charge on any atom is -0.356 e. The van der Waals surface area contributed by atoms with Crippen LogP contribution in [0.5, 0.6) is 0 Å². The summed E-state index contributed by atoms with van der Waals surface area (Å²) in [7, 11) is 0. The van der Waals surface area contributed by atoms with Gasteiger partial charge in [-0.05, 0) is 54.7 Å². The maximum atomic E-state index is 10.5. The van der Waals surface area contributed by atoms with E-state index in [1.54, 1.807) is 0 Å². The number of benzene rings is 1. The van der Waals surface area contributed by atoms with E-state index in [0.717, 1.165) is 23.9 Å². The number of aromatic nitrogens is 2. The lowest BCUT2D eigenvalue weighted by molar-refractivity contribution is 0.484. The van der Waals surface area contributed by atoms with Crippen LogP contribution in [0.15, 0.2) is 47.9 Å². The molecule has 1 aliphatic carbocycles. The molecule has 0 amide bonds. The van der Waals surface area contributed by atoms with Gasteiger partial charge in [-0.2, -0.15) is 4.91 Å². The van der Waals surface area contributed by atoms with E-state index < -0.39 is 0 Å². The first-order valence-electron chi connectivity index (χ1n) is 8.42. The smallest absolute Gasteiger partial charge is 0.106 e. The van der Waals surface area contributed by atoms with Crippen molar-refractivity contribution in [3.63, 3.8) is 0 Å². The Kier molecular flexibility index (Phi) is 4.60. The van der Waals surface area contributed by atoms with Gasteiger partial charge in [0.2, 0.25) is 0 Å². The molecule has 0 radical (unpaired) electrons. The Morgan fingerprint density at radius 2 is 2.04 bits per heavy atom. The molecule has 1 aromatic carbocycles. The fourth-order valence-corrected chi connectivity index (χ4v) is 3.51. The molecule has 0 aliphatic heterocycles. The molecule has 23 heavy (non-hydrogen) atoms. The second-order valence-corrected chi connectivity index (χ2v) is 5.72. The van der Waals surface area contributed by atoms with Gasteiger partial charge in [0.25, 0.3) is 0 Å². The molecule has 4 nitrogen and oxygen atoms in total. The lowest BCUT2D eigenvalue weighted by Gasteiger charge is -2.24. The van der Waals surface area contributed by atoms with Crippen LogP contribution >= 0.6 is 0 Å². The number of hydrogen-bond donors (Lipinski definition) is 1. The van der Waals surface area contributed by atoms with Gasteiger partial charge in [0.05, 0.1) is 6.04 Å². The summed E-state index contributed by atoms with van der Waals surface area (Å²) in [5.41, 5.74) is 4.88. The molecule has 3 aromatic rings. The van der Waals surface area contributed by atoms with Gasteiger partial charge in [-0.25, -0.2) is 0 Å². The highest BCUT2D eigenvalue weighted by atomic mass is 16.3. The van der Waals surface area contributed by atoms with E-state index in [1.165, 1.54) is 23.1 Å². The molecule has 1 N–H and O–H groups in total. The fourth-order valence-electron chi connectivity index (χ4n) is 3.51. The van der Waals surface area contributed by atoms with Crippen LogP contribution in [0.3, 0.4) is 0 Å². The Bertz CT molecular complexity index is 786. The average Bonchev–Trinajstić information content (AvgIpc) is 3.24. The number of nitrogens with one attached hydrogen (secondary N) is 1. The highest BCUT2D eigenvalue weighted by Gasteiger charge is 2.25. The summed E-state index contributed by atoms with van der Waals surface area (Å²) in [4.78, 5) is 14.1. The van der Waals surface area contributed by atoms with Gasteiger partial charge in [-0.15, -0.1) is 0 Å². The summed E-state index contributed by atoms with van der Waals surface area (Å²) in [6.45, 7) is 4.25. The molecule has 0 saturated carbocycles. The summed E-state index contributed by atoms with van der Waals surface area (Å²) >= 11 is 0. The number of aromatic amines is 1. The quantitative estimate of drug-likeness (QED) is 0.665. The third-order valence-corrected chi connectivity index (χ3v) is 4.48. The van der Waals surface area contributed by atoms with Crippen LogP contribution in [0, 0.1) is 4.91 Å². The molecule has 2 heterocycles. The van der Waals surface area contributed by atoms with Crippen LogP contribution in [0.25, 0.3) is 10.9 Å². The van der Waals surface area contributed by atoms with Gasteiger partial charge in [0.1, 0.15) is 6.54 Å². The van der Waals surface area contributed by atoms with Gasteiger partial charge >= 0.3 is 0 Å². The summed E-state index contributed by atoms with van der Waals surface area (Å²) in [6.07, 6.45) is 7.72. The standard InChI is InChI=1S/C17H17N3O.C2H6/c21-18-11-12-6-7-15-14(10-12)13-4-3-5-16(17(13)19-15)20-8-1-2-9-20;1-2/h1-2,6-10,16,19H,3-5,11H2;1-2H3. The van der Waals surface area contributed by atoms with Crippen LogP contribution in [-0.2, 0) is 13.0 Å². The molecule has 4 heteroatoms. The largest absolute Gasteiger partial charge is 0.356 e. The van der Waals surface area contributed by atoms with E-state index in [-0.39, 0.29) is 6.54 Å². The zero-order chi connectivity index (χ0) is 16.2. The van der Waals surface area contributed by atoms with E-state index in [1.807, 2.05) is 19.9 Å². The molecule has 2 aromatic heterocycles. The second-order valence-electron chi connectivity index (χ2n) is 5.72. The molecule has 120 valence electrons. The third kappa shape index (κ3) is 2.81. The van der Waals surface area contributed by atoms with Crippen molar-refractivity contribution in [3.8, 4) is 0 Å². The van der Waals surface area contributed by atoms with Crippen molar-refractivity contribution < 1.29 is 0 Å². The van der Waals surface area contributed by atoms with E-state index >= 15 is 0 Å². The zero-order valence-corrected chi connectivity index (χ0v) is 13.7. The van der Waals surface area contributed by atoms with Crippen LogP contribution in [-0.4, -0.2) is 9.55 Å². The predicted molar refractivity (Wildman–Crippen MR) is 94.7 cm³/mol. The van der Waals surface area contributed by atoms with Crippen molar-refractivity contribution in [1.29, 1.82) is 0 Å². The molecular weight excluding hydrogens is 286 g/mol. The first-order valence-corrected chi connectivity index (χ1v) is 8.42. The van der Waals surface area contributed by atoms with Crippen molar-refractivity contribution in [2.45, 2.75) is 45.7 Å². The number of rotatable bonds is 3. The Hall–Kier alpha value is -2.36. The Labute approximate surface area is 136 Å². The first-order chi connectivity index (χ1) is 11.4. The SMILES string of the molecule is CC.O=NCc1ccc2[nH]c3c(c2c1)CCCC3n1cccc1. The van der Waals surface area contributed by atoms with Crippen LogP contribution in [0.1, 0.15) is 49.6 Å². The van der Waals surface area contributed by atoms with Crippen LogP contribution < -0.4 is 0 Å². The lowest BCUT2D eigenvalue weighted by atomic mass is 9.91. The van der Waals surface area contributed by atoms with Crippen molar-refractivity contribution in [2.75, 3.05) is 0 Å². The number of hydrogen-bond acceptors (Lipinski definition) is 2. The van der Waals surface area contributed by atoms with Crippen molar-refractivity contribution in [3.05, 3.63) is 64.5 Å².